The summed E-state index contributed by atoms with van der Waals surface area (Å²) in [6.07, 6.45) is 2.60. The van der Waals surface area contributed by atoms with Crippen molar-refractivity contribution in [3.05, 3.63) is 32.3 Å². The van der Waals surface area contributed by atoms with Gasteiger partial charge >= 0.3 is 0 Å². The van der Waals surface area contributed by atoms with Crippen LogP contribution in [-0.4, -0.2) is 10.0 Å². The lowest BCUT2D eigenvalue weighted by atomic mass is 10.0. The van der Waals surface area contributed by atoms with Crippen LogP contribution in [0.3, 0.4) is 0 Å². The largest absolute Gasteiger partial charge is 0.506 e. The second-order valence-corrected chi connectivity index (χ2v) is 4.73. The molecule has 0 aliphatic rings. The standard InChI is InChI=1S/C11H15BrN2O3.ClH/c1-2-3-4-10(13)8-5-7(14(16)17)6-9(12)11(8)15;/h5-6,10,15H,2-4,13H2,1H3;1H/t10-;/m1./s1. The van der Waals surface area contributed by atoms with E-state index in [1.54, 1.807) is 0 Å². The highest BCUT2D eigenvalue weighted by Gasteiger charge is 2.18. The fourth-order valence-electron chi connectivity index (χ4n) is 1.57. The number of nitrogens with zero attached hydrogens (tertiary/aromatic N) is 1. The summed E-state index contributed by atoms with van der Waals surface area (Å²) >= 11 is 3.09. The number of hydrogen-bond acceptors (Lipinski definition) is 4. The monoisotopic (exact) mass is 338 g/mol. The Morgan fingerprint density at radius 3 is 2.67 bits per heavy atom. The van der Waals surface area contributed by atoms with Crippen LogP contribution in [0.2, 0.25) is 0 Å². The Kier molecular flexibility index (Phi) is 7.20. The topological polar surface area (TPSA) is 89.4 Å². The van der Waals surface area contributed by atoms with Crippen molar-refractivity contribution in [2.24, 2.45) is 5.73 Å². The summed E-state index contributed by atoms with van der Waals surface area (Å²) in [6.45, 7) is 2.04. The summed E-state index contributed by atoms with van der Waals surface area (Å²) in [4.78, 5) is 10.2. The highest BCUT2D eigenvalue weighted by molar-refractivity contribution is 9.10. The Morgan fingerprint density at radius 2 is 2.17 bits per heavy atom. The minimum atomic E-state index is -0.500. The van der Waals surface area contributed by atoms with Crippen LogP contribution >= 0.6 is 28.3 Å². The maximum absolute atomic E-state index is 10.7. The molecule has 0 saturated heterocycles. The first-order chi connectivity index (χ1) is 7.97. The number of nitrogens with two attached hydrogens (primary N) is 1. The number of non-ortho nitro benzene ring substituents is 1. The number of nitro groups is 1. The van der Waals surface area contributed by atoms with Crippen molar-refractivity contribution in [2.75, 3.05) is 0 Å². The van der Waals surface area contributed by atoms with Crippen molar-refractivity contribution in [2.45, 2.75) is 32.2 Å². The van der Waals surface area contributed by atoms with Crippen LogP contribution in [0.1, 0.15) is 37.8 Å². The van der Waals surface area contributed by atoms with E-state index in [0.29, 0.717) is 16.5 Å². The van der Waals surface area contributed by atoms with Gasteiger partial charge in [0.15, 0.2) is 0 Å². The Labute approximate surface area is 120 Å². The zero-order chi connectivity index (χ0) is 13.0. The summed E-state index contributed by atoms with van der Waals surface area (Å²) in [5.74, 6) is -0.0146. The van der Waals surface area contributed by atoms with Gasteiger partial charge in [-0.25, -0.2) is 0 Å². The molecule has 0 aromatic heterocycles. The van der Waals surface area contributed by atoms with Crippen LogP contribution in [0, 0.1) is 10.1 Å². The number of unbranched alkanes of at least 4 members (excludes halogenated alkanes) is 1. The Morgan fingerprint density at radius 1 is 1.56 bits per heavy atom. The molecule has 0 amide bonds. The van der Waals surface area contributed by atoms with Crippen molar-refractivity contribution >= 4 is 34.0 Å². The molecule has 5 nitrogen and oxygen atoms in total. The zero-order valence-corrected chi connectivity index (χ0v) is 12.3. The van der Waals surface area contributed by atoms with Gasteiger partial charge in [0.25, 0.3) is 5.69 Å². The van der Waals surface area contributed by atoms with Crippen LogP contribution in [0.25, 0.3) is 0 Å². The molecule has 0 aliphatic carbocycles. The molecule has 18 heavy (non-hydrogen) atoms. The number of rotatable bonds is 5. The van der Waals surface area contributed by atoms with E-state index in [2.05, 4.69) is 15.9 Å². The summed E-state index contributed by atoms with van der Waals surface area (Å²) < 4.78 is 0.300. The molecule has 0 aliphatic heterocycles. The molecule has 0 radical (unpaired) electrons. The minimum absolute atomic E-state index is 0. The van der Waals surface area contributed by atoms with E-state index < -0.39 is 4.92 Å². The smallest absolute Gasteiger partial charge is 0.271 e. The quantitative estimate of drug-likeness (QED) is 0.632. The second kappa shape index (κ2) is 7.56. The predicted octanol–water partition coefficient (Wildman–Crippen LogP) is 3.67. The lowest BCUT2D eigenvalue weighted by molar-refractivity contribution is -0.385. The number of phenols is 1. The molecule has 0 saturated carbocycles. The van der Waals surface area contributed by atoms with Crippen molar-refractivity contribution in [1.82, 2.24) is 0 Å². The maximum Gasteiger partial charge on any atom is 0.271 e. The summed E-state index contributed by atoms with van der Waals surface area (Å²) in [5, 5.41) is 20.5. The molecule has 1 aromatic rings. The van der Waals surface area contributed by atoms with Crippen LogP contribution in [0.15, 0.2) is 16.6 Å². The third-order valence-corrected chi connectivity index (χ3v) is 3.16. The SMILES string of the molecule is CCCC[C@@H](N)c1cc([N+](=O)[O-])cc(Br)c1O.Cl. The normalized spacial score (nSPS) is 11.7. The first-order valence-corrected chi connectivity index (χ1v) is 6.19. The number of benzene rings is 1. The predicted molar refractivity (Wildman–Crippen MR) is 76.2 cm³/mol. The van der Waals surface area contributed by atoms with Gasteiger partial charge in [-0.1, -0.05) is 19.8 Å². The third kappa shape index (κ3) is 4.12. The molecule has 1 atom stereocenters. The molecule has 0 bridgehead atoms. The average molecular weight is 340 g/mol. The van der Waals surface area contributed by atoms with Gasteiger partial charge in [-0.3, -0.25) is 10.1 Å². The van der Waals surface area contributed by atoms with Gasteiger partial charge < -0.3 is 10.8 Å². The van der Waals surface area contributed by atoms with Crippen molar-refractivity contribution in [3.63, 3.8) is 0 Å². The molecule has 1 rings (SSSR count). The van der Waals surface area contributed by atoms with E-state index in [-0.39, 0.29) is 29.9 Å². The van der Waals surface area contributed by atoms with Crippen molar-refractivity contribution in [3.8, 4) is 5.75 Å². The Bertz CT molecular complexity index is 429. The molecule has 7 heteroatoms. The number of aromatic hydroxyl groups is 1. The first-order valence-electron chi connectivity index (χ1n) is 5.39. The van der Waals surface area contributed by atoms with Gasteiger partial charge in [0, 0.05) is 23.7 Å². The van der Waals surface area contributed by atoms with Crippen LogP contribution in [0.4, 0.5) is 5.69 Å². The minimum Gasteiger partial charge on any atom is -0.506 e. The van der Waals surface area contributed by atoms with E-state index in [9.17, 15) is 15.2 Å². The first kappa shape index (κ1) is 17.2. The zero-order valence-electron chi connectivity index (χ0n) is 9.93. The van der Waals surface area contributed by atoms with Gasteiger partial charge in [-0.15, -0.1) is 12.4 Å². The molecule has 0 unspecified atom stereocenters. The summed E-state index contributed by atoms with van der Waals surface area (Å²) in [6, 6.07) is 2.22. The van der Waals surface area contributed by atoms with E-state index in [0.717, 1.165) is 12.8 Å². The maximum atomic E-state index is 10.7. The van der Waals surface area contributed by atoms with Crippen LogP contribution < -0.4 is 5.73 Å². The number of phenolic OH excluding ortho intramolecular Hbond substituents is 1. The van der Waals surface area contributed by atoms with Crippen LogP contribution in [-0.2, 0) is 0 Å². The van der Waals surface area contributed by atoms with Crippen molar-refractivity contribution in [1.29, 1.82) is 0 Å². The summed E-state index contributed by atoms with van der Waals surface area (Å²) in [7, 11) is 0. The molecule has 0 spiro atoms. The van der Waals surface area contributed by atoms with E-state index in [4.69, 9.17) is 5.73 Å². The number of nitro benzene ring substituents is 1. The molecule has 1 aromatic carbocycles. The summed E-state index contributed by atoms with van der Waals surface area (Å²) in [5.41, 5.74) is 6.26. The molecule has 3 N–H and O–H groups in total. The Balaban J connectivity index is 0.00000289. The molecular weight excluding hydrogens is 323 g/mol. The fraction of sp³-hybridized carbons (Fsp3) is 0.455. The number of halogens is 2. The van der Waals surface area contributed by atoms with Gasteiger partial charge in [-0.2, -0.15) is 0 Å². The van der Waals surface area contributed by atoms with Gasteiger partial charge in [0.2, 0.25) is 0 Å². The Hall–Kier alpha value is -0.850. The van der Waals surface area contributed by atoms with E-state index in [1.807, 2.05) is 6.92 Å². The molecule has 0 heterocycles. The molecular formula is C11H16BrClN2O3. The number of hydrogen-bond donors (Lipinski definition) is 2. The van der Waals surface area contributed by atoms with Crippen molar-refractivity contribution < 1.29 is 10.0 Å². The van der Waals surface area contributed by atoms with Gasteiger partial charge in [-0.05, 0) is 22.4 Å². The van der Waals surface area contributed by atoms with E-state index >= 15 is 0 Å². The van der Waals surface area contributed by atoms with Gasteiger partial charge in [0.1, 0.15) is 5.75 Å². The molecule has 102 valence electrons. The average Bonchev–Trinajstić information content (AvgIpc) is 2.29. The van der Waals surface area contributed by atoms with Crippen LogP contribution in [0.5, 0.6) is 5.75 Å². The lowest BCUT2D eigenvalue weighted by Gasteiger charge is -2.13. The third-order valence-electron chi connectivity index (χ3n) is 2.56. The molecule has 0 fully saturated rings. The lowest BCUT2D eigenvalue weighted by Crippen LogP contribution is -2.11. The van der Waals surface area contributed by atoms with E-state index in [1.165, 1.54) is 12.1 Å². The highest BCUT2D eigenvalue weighted by atomic mass is 79.9. The second-order valence-electron chi connectivity index (χ2n) is 3.87. The van der Waals surface area contributed by atoms with Gasteiger partial charge in [0.05, 0.1) is 9.40 Å². The highest BCUT2D eigenvalue weighted by Crippen LogP contribution is 2.36. The fourth-order valence-corrected chi connectivity index (χ4v) is 2.04.